The standard InChI is InChI=1S/C16H31NO2/c1-8-9-17-10-12(15(2,3)4)13(16(5,6)7)11-19-14(17)18/h12-13H,8-11H2,1-7H3. The summed E-state index contributed by atoms with van der Waals surface area (Å²) in [5, 5.41) is 0. The zero-order chi connectivity index (χ0) is 14.8. The molecular formula is C16H31NO2. The summed E-state index contributed by atoms with van der Waals surface area (Å²) in [6.45, 7) is 17.8. The van der Waals surface area contributed by atoms with Gasteiger partial charge in [0.25, 0.3) is 0 Å². The van der Waals surface area contributed by atoms with E-state index in [1.165, 1.54) is 0 Å². The maximum Gasteiger partial charge on any atom is 0.409 e. The van der Waals surface area contributed by atoms with Crippen LogP contribution in [0.15, 0.2) is 0 Å². The summed E-state index contributed by atoms with van der Waals surface area (Å²) in [7, 11) is 0. The molecule has 1 saturated heterocycles. The lowest BCUT2D eigenvalue weighted by molar-refractivity contribution is 0.0355. The highest BCUT2D eigenvalue weighted by atomic mass is 16.6. The molecular weight excluding hydrogens is 238 g/mol. The molecule has 0 spiro atoms. The van der Waals surface area contributed by atoms with E-state index >= 15 is 0 Å². The molecule has 1 heterocycles. The van der Waals surface area contributed by atoms with Crippen molar-refractivity contribution < 1.29 is 9.53 Å². The van der Waals surface area contributed by atoms with Crippen molar-refractivity contribution in [1.29, 1.82) is 0 Å². The lowest BCUT2D eigenvalue weighted by Crippen LogP contribution is -2.43. The molecule has 0 aromatic heterocycles. The molecule has 1 aliphatic rings. The van der Waals surface area contributed by atoms with Crippen LogP contribution < -0.4 is 0 Å². The van der Waals surface area contributed by atoms with E-state index in [2.05, 4.69) is 48.5 Å². The molecule has 1 fully saturated rings. The van der Waals surface area contributed by atoms with Crippen LogP contribution in [0.4, 0.5) is 4.79 Å². The monoisotopic (exact) mass is 269 g/mol. The smallest absolute Gasteiger partial charge is 0.409 e. The van der Waals surface area contributed by atoms with Crippen molar-refractivity contribution in [3.63, 3.8) is 0 Å². The van der Waals surface area contributed by atoms with Crippen molar-refractivity contribution in [3.05, 3.63) is 0 Å². The number of hydrogen-bond acceptors (Lipinski definition) is 2. The van der Waals surface area contributed by atoms with Crippen LogP contribution in [0.25, 0.3) is 0 Å². The van der Waals surface area contributed by atoms with Gasteiger partial charge in [0.1, 0.15) is 0 Å². The van der Waals surface area contributed by atoms with Gasteiger partial charge in [-0.15, -0.1) is 0 Å². The number of rotatable bonds is 2. The first-order valence-electron chi connectivity index (χ1n) is 7.49. The summed E-state index contributed by atoms with van der Waals surface area (Å²) < 4.78 is 5.52. The molecule has 112 valence electrons. The molecule has 0 saturated carbocycles. The highest BCUT2D eigenvalue weighted by Gasteiger charge is 2.43. The van der Waals surface area contributed by atoms with E-state index in [9.17, 15) is 4.79 Å². The van der Waals surface area contributed by atoms with E-state index in [4.69, 9.17) is 4.74 Å². The average Bonchev–Trinajstić information content (AvgIpc) is 2.38. The Bertz CT molecular complexity index is 312. The fraction of sp³-hybridized carbons (Fsp3) is 0.938. The molecule has 0 aliphatic carbocycles. The highest BCUT2D eigenvalue weighted by Crippen LogP contribution is 2.43. The van der Waals surface area contributed by atoms with Crippen LogP contribution in [0.1, 0.15) is 54.9 Å². The maximum absolute atomic E-state index is 12.1. The molecule has 3 nitrogen and oxygen atoms in total. The van der Waals surface area contributed by atoms with Gasteiger partial charge < -0.3 is 9.64 Å². The van der Waals surface area contributed by atoms with Gasteiger partial charge >= 0.3 is 6.09 Å². The predicted molar refractivity (Wildman–Crippen MR) is 79.1 cm³/mol. The van der Waals surface area contributed by atoms with Crippen LogP contribution in [0.2, 0.25) is 0 Å². The third-order valence-electron chi connectivity index (χ3n) is 4.27. The molecule has 2 atom stereocenters. The van der Waals surface area contributed by atoms with Crippen LogP contribution in [-0.2, 0) is 4.74 Å². The Morgan fingerprint density at radius 1 is 1.11 bits per heavy atom. The Hall–Kier alpha value is -0.730. The van der Waals surface area contributed by atoms with Gasteiger partial charge in [-0.1, -0.05) is 48.5 Å². The normalized spacial score (nSPS) is 26.1. The molecule has 1 rings (SSSR count). The highest BCUT2D eigenvalue weighted by molar-refractivity contribution is 5.67. The van der Waals surface area contributed by atoms with Crippen LogP contribution in [0.5, 0.6) is 0 Å². The van der Waals surface area contributed by atoms with Gasteiger partial charge in [-0.3, -0.25) is 0 Å². The van der Waals surface area contributed by atoms with Crippen LogP contribution in [0.3, 0.4) is 0 Å². The second-order valence-corrected chi connectivity index (χ2v) is 7.97. The van der Waals surface area contributed by atoms with Crippen LogP contribution >= 0.6 is 0 Å². The number of nitrogens with zero attached hydrogens (tertiary/aromatic N) is 1. The minimum atomic E-state index is -0.136. The molecule has 0 bridgehead atoms. The van der Waals surface area contributed by atoms with E-state index in [1.807, 2.05) is 4.90 Å². The first-order valence-corrected chi connectivity index (χ1v) is 7.49. The average molecular weight is 269 g/mol. The topological polar surface area (TPSA) is 29.5 Å². The number of ether oxygens (including phenoxy) is 1. The molecule has 0 radical (unpaired) electrons. The fourth-order valence-corrected chi connectivity index (χ4v) is 2.99. The Morgan fingerprint density at radius 2 is 1.63 bits per heavy atom. The largest absolute Gasteiger partial charge is 0.449 e. The van der Waals surface area contributed by atoms with Gasteiger partial charge in [-0.05, 0) is 23.2 Å². The molecule has 1 aliphatic heterocycles. The second kappa shape index (κ2) is 5.72. The number of hydrogen-bond donors (Lipinski definition) is 0. The summed E-state index contributed by atoms with van der Waals surface area (Å²) in [6.07, 6.45) is 0.842. The summed E-state index contributed by atoms with van der Waals surface area (Å²) in [6, 6.07) is 0. The lowest BCUT2D eigenvalue weighted by Gasteiger charge is -2.42. The molecule has 19 heavy (non-hydrogen) atoms. The Kier molecular flexibility index (Phi) is 4.91. The Morgan fingerprint density at radius 3 is 2.05 bits per heavy atom. The Labute approximate surface area is 118 Å². The zero-order valence-corrected chi connectivity index (χ0v) is 13.7. The molecule has 2 unspecified atom stereocenters. The van der Waals surface area contributed by atoms with E-state index < -0.39 is 0 Å². The minimum Gasteiger partial charge on any atom is -0.449 e. The van der Waals surface area contributed by atoms with Crippen molar-refractivity contribution in [2.75, 3.05) is 19.7 Å². The van der Waals surface area contributed by atoms with Crippen molar-refractivity contribution in [1.82, 2.24) is 4.90 Å². The fourth-order valence-electron chi connectivity index (χ4n) is 2.99. The number of cyclic esters (lactones) is 1. The first kappa shape index (κ1) is 16.3. The van der Waals surface area contributed by atoms with Crippen LogP contribution in [0, 0.1) is 22.7 Å². The Balaban J connectivity index is 3.04. The van der Waals surface area contributed by atoms with E-state index in [1.54, 1.807) is 0 Å². The third-order valence-corrected chi connectivity index (χ3v) is 4.27. The van der Waals surface area contributed by atoms with E-state index in [0.717, 1.165) is 19.5 Å². The van der Waals surface area contributed by atoms with Crippen molar-refractivity contribution in [2.24, 2.45) is 22.7 Å². The molecule has 0 aromatic carbocycles. The summed E-state index contributed by atoms with van der Waals surface area (Å²) in [5.41, 5.74) is 0.332. The van der Waals surface area contributed by atoms with Crippen molar-refractivity contribution in [3.8, 4) is 0 Å². The lowest BCUT2D eigenvalue weighted by atomic mass is 9.64. The first-order chi connectivity index (χ1) is 8.57. The predicted octanol–water partition coefficient (Wildman–Crippen LogP) is 4.17. The van der Waals surface area contributed by atoms with Crippen molar-refractivity contribution >= 4 is 6.09 Å². The molecule has 0 aromatic rings. The molecule has 3 heteroatoms. The summed E-state index contributed by atoms with van der Waals surface area (Å²) >= 11 is 0. The number of carbonyl (C=O) groups excluding carboxylic acids is 1. The summed E-state index contributed by atoms with van der Waals surface area (Å²) in [5.74, 6) is 0.865. The minimum absolute atomic E-state index is 0.136. The van der Waals surface area contributed by atoms with Gasteiger partial charge in [0.05, 0.1) is 6.61 Å². The van der Waals surface area contributed by atoms with Gasteiger partial charge in [0.15, 0.2) is 0 Å². The van der Waals surface area contributed by atoms with E-state index in [0.29, 0.717) is 18.4 Å². The SMILES string of the molecule is CCCN1CC(C(C)(C)C)C(C(C)(C)C)COC1=O. The van der Waals surface area contributed by atoms with Crippen molar-refractivity contribution in [2.45, 2.75) is 54.9 Å². The van der Waals surface area contributed by atoms with Gasteiger partial charge in [-0.25, -0.2) is 4.79 Å². The second-order valence-electron chi connectivity index (χ2n) is 7.97. The molecule has 1 amide bonds. The number of amides is 1. The number of carbonyl (C=O) groups is 1. The summed E-state index contributed by atoms with van der Waals surface area (Å²) in [4.78, 5) is 13.9. The van der Waals surface area contributed by atoms with E-state index in [-0.39, 0.29) is 16.9 Å². The zero-order valence-electron chi connectivity index (χ0n) is 13.7. The molecule has 0 N–H and O–H groups in total. The van der Waals surface area contributed by atoms with Gasteiger partial charge in [0, 0.05) is 19.0 Å². The quantitative estimate of drug-likeness (QED) is 0.753. The maximum atomic E-state index is 12.1. The van der Waals surface area contributed by atoms with Gasteiger partial charge in [-0.2, -0.15) is 0 Å². The van der Waals surface area contributed by atoms with Gasteiger partial charge in [0.2, 0.25) is 0 Å². The van der Waals surface area contributed by atoms with Crippen LogP contribution in [-0.4, -0.2) is 30.7 Å². The third kappa shape index (κ3) is 4.12.